The van der Waals surface area contributed by atoms with Gasteiger partial charge in [0.2, 0.25) is 5.91 Å². The molecule has 1 aliphatic rings. The number of carbonyl (C=O) groups is 2. The predicted octanol–water partition coefficient (Wildman–Crippen LogP) is 1.56. The fourth-order valence-corrected chi connectivity index (χ4v) is 2.80. The van der Waals surface area contributed by atoms with Gasteiger partial charge in [-0.1, -0.05) is 0 Å². The molecule has 7 nitrogen and oxygen atoms in total. The maximum atomic E-state index is 12.4. The fourth-order valence-electron chi connectivity index (χ4n) is 2.80. The van der Waals surface area contributed by atoms with Crippen LogP contribution in [0, 0.1) is 0 Å². The molecule has 2 amide bonds. The highest BCUT2D eigenvalue weighted by Gasteiger charge is 2.22. The molecule has 144 valence electrons. The Morgan fingerprint density at radius 1 is 0.923 bits per heavy atom. The van der Waals surface area contributed by atoms with Crippen LogP contribution in [0.2, 0.25) is 0 Å². The molecule has 0 radical (unpaired) electrons. The molecule has 0 bridgehead atoms. The smallest absolute Gasteiger partial charge is 0.260 e. The summed E-state index contributed by atoms with van der Waals surface area (Å²) in [6.45, 7) is 5.35. The number of hydrogen-bond donors (Lipinski definition) is 0. The molecule has 7 heteroatoms. The molecule has 1 aliphatic heterocycles. The van der Waals surface area contributed by atoms with E-state index in [0.717, 1.165) is 12.2 Å². The van der Waals surface area contributed by atoms with Crippen LogP contribution in [0.5, 0.6) is 11.5 Å². The number of ether oxygens (including phenoxy) is 3. The van der Waals surface area contributed by atoms with E-state index in [2.05, 4.69) is 0 Å². The van der Waals surface area contributed by atoms with Crippen molar-refractivity contribution < 1.29 is 23.8 Å². The number of nitrogens with zero attached hydrogens (tertiary/aromatic N) is 2. The quantitative estimate of drug-likeness (QED) is 0.700. The van der Waals surface area contributed by atoms with Crippen molar-refractivity contribution in [1.82, 2.24) is 9.80 Å². The molecule has 1 aromatic carbocycles. The maximum Gasteiger partial charge on any atom is 0.260 e. The monoisotopic (exact) mass is 364 g/mol. The second kappa shape index (κ2) is 10.7. The lowest BCUT2D eigenvalue weighted by molar-refractivity contribution is -0.135. The van der Waals surface area contributed by atoms with E-state index in [1.807, 2.05) is 19.1 Å². The van der Waals surface area contributed by atoms with Gasteiger partial charge in [-0.2, -0.15) is 0 Å². The van der Waals surface area contributed by atoms with Crippen LogP contribution in [0.1, 0.15) is 19.8 Å². The second-order valence-corrected chi connectivity index (χ2v) is 6.05. The van der Waals surface area contributed by atoms with Crippen molar-refractivity contribution in [2.24, 2.45) is 0 Å². The Labute approximate surface area is 154 Å². The van der Waals surface area contributed by atoms with Crippen molar-refractivity contribution in [2.45, 2.75) is 19.8 Å². The van der Waals surface area contributed by atoms with Gasteiger partial charge in [-0.3, -0.25) is 9.59 Å². The van der Waals surface area contributed by atoms with Crippen molar-refractivity contribution in [3.63, 3.8) is 0 Å². The molecule has 0 aromatic heterocycles. The molecule has 0 atom stereocenters. The van der Waals surface area contributed by atoms with Gasteiger partial charge < -0.3 is 24.0 Å². The van der Waals surface area contributed by atoms with Crippen LogP contribution in [-0.4, -0.2) is 74.7 Å². The Morgan fingerprint density at radius 3 is 2.08 bits per heavy atom. The van der Waals surface area contributed by atoms with E-state index in [1.165, 1.54) is 0 Å². The van der Waals surface area contributed by atoms with Gasteiger partial charge in [0.15, 0.2) is 6.61 Å². The zero-order valence-electron chi connectivity index (χ0n) is 15.6. The summed E-state index contributed by atoms with van der Waals surface area (Å²) in [7, 11) is 1.58. The number of benzene rings is 1. The van der Waals surface area contributed by atoms with E-state index in [4.69, 9.17) is 14.2 Å². The van der Waals surface area contributed by atoms with Gasteiger partial charge in [-0.05, 0) is 37.6 Å². The first-order chi connectivity index (χ1) is 12.6. The van der Waals surface area contributed by atoms with Crippen LogP contribution in [0.3, 0.4) is 0 Å². The molecular weight excluding hydrogens is 336 g/mol. The fraction of sp³-hybridized carbons (Fsp3) is 0.579. The lowest BCUT2D eigenvalue weighted by atomic mass is 10.3. The highest BCUT2D eigenvalue weighted by molar-refractivity contribution is 5.78. The van der Waals surface area contributed by atoms with E-state index >= 15 is 0 Å². The summed E-state index contributed by atoms with van der Waals surface area (Å²) in [5, 5.41) is 0. The van der Waals surface area contributed by atoms with E-state index in [-0.39, 0.29) is 18.4 Å². The van der Waals surface area contributed by atoms with Crippen LogP contribution in [0.4, 0.5) is 0 Å². The largest absolute Gasteiger partial charge is 0.494 e. The van der Waals surface area contributed by atoms with Crippen LogP contribution in [0.25, 0.3) is 0 Å². The summed E-state index contributed by atoms with van der Waals surface area (Å²) in [4.78, 5) is 28.0. The Hall–Kier alpha value is -2.28. The van der Waals surface area contributed by atoms with Crippen LogP contribution in [-0.2, 0) is 14.3 Å². The van der Waals surface area contributed by atoms with E-state index in [1.54, 1.807) is 29.0 Å². The van der Waals surface area contributed by atoms with Gasteiger partial charge in [-0.15, -0.1) is 0 Å². The molecule has 1 fully saturated rings. The maximum absolute atomic E-state index is 12.4. The zero-order valence-corrected chi connectivity index (χ0v) is 15.6. The highest BCUT2D eigenvalue weighted by Crippen LogP contribution is 2.17. The van der Waals surface area contributed by atoms with Gasteiger partial charge in [-0.25, -0.2) is 0 Å². The number of rotatable bonds is 8. The van der Waals surface area contributed by atoms with Gasteiger partial charge in [0.25, 0.3) is 5.91 Å². The van der Waals surface area contributed by atoms with Crippen molar-refractivity contribution in [1.29, 1.82) is 0 Å². The average molecular weight is 364 g/mol. The molecule has 2 rings (SSSR count). The van der Waals surface area contributed by atoms with Crippen molar-refractivity contribution >= 4 is 11.8 Å². The predicted molar refractivity (Wildman–Crippen MR) is 97.4 cm³/mol. The standard InChI is InChI=1S/C19H28N2O5/c1-3-25-16-5-7-17(8-6-16)26-15-19(23)21-11-4-10-20(12-13-21)18(22)9-14-24-2/h5-8H,3-4,9-15H2,1-2H3. The van der Waals surface area contributed by atoms with E-state index in [0.29, 0.717) is 51.6 Å². The third-order valence-corrected chi connectivity index (χ3v) is 4.22. The summed E-state index contributed by atoms with van der Waals surface area (Å²) >= 11 is 0. The van der Waals surface area contributed by atoms with Gasteiger partial charge in [0, 0.05) is 33.3 Å². The van der Waals surface area contributed by atoms with Gasteiger partial charge in [0.05, 0.1) is 19.6 Å². The third kappa shape index (κ3) is 6.22. The molecule has 0 N–H and O–H groups in total. The van der Waals surface area contributed by atoms with Crippen molar-refractivity contribution in [3.05, 3.63) is 24.3 Å². The van der Waals surface area contributed by atoms with Crippen LogP contribution < -0.4 is 9.47 Å². The van der Waals surface area contributed by atoms with Gasteiger partial charge in [0.1, 0.15) is 11.5 Å². The molecule has 26 heavy (non-hydrogen) atoms. The van der Waals surface area contributed by atoms with Crippen LogP contribution >= 0.6 is 0 Å². The van der Waals surface area contributed by atoms with Crippen LogP contribution in [0.15, 0.2) is 24.3 Å². The molecule has 0 spiro atoms. The van der Waals surface area contributed by atoms with E-state index < -0.39 is 0 Å². The van der Waals surface area contributed by atoms with Gasteiger partial charge >= 0.3 is 0 Å². The lowest BCUT2D eigenvalue weighted by Gasteiger charge is -2.22. The summed E-state index contributed by atoms with van der Waals surface area (Å²) in [6, 6.07) is 7.21. The molecular formula is C19H28N2O5. The second-order valence-electron chi connectivity index (χ2n) is 6.05. The van der Waals surface area contributed by atoms with Crippen molar-refractivity contribution in [2.75, 3.05) is 53.1 Å². The molecule has 1 saturated heterocycles. The minimum atomic E-state index is -0.0647. The minimum Gasteiger partial charge on any atom is -0.494 e. The number of amides is 2. The SMILES string of the molecule is CCOc1ccc(OCC(=O)N2CCCN(C(=O)CCOC)CC2)cc1. The zero-order chi connectivity index (χ0) is 18.8. The molecule has 1 heterocycles. The van der Waals surface area contributed by atoms with E-state index in [9.17, 15) is 9.59 Å². The number of methoxy groups -OCH3 is 1. The highest BCUT2D eigenvalue weighted by atomic mass is 16.5. The lowest BCUT2D eigenvalue weighted by Crippen LogP contribution is -2.39. The topological polar surface area (TPSA) is 68.3 Å². The summed E-state index contributed by atoms with van der Waals surface area (Å²) in [6.07, 6.45) is 1.15. The summed E-state index contributed by atoms with van der Waals surface area (Å²) in [5.74, 6) is 1.42. The molecule has 1 aromatic rings. The minimum absolute atomic E-state index is 0.00833. The van der Waals surface area contributed by atoms with Crippen molar-refractivity contribution in [3.8, 4) is 11.5 Å². The normalized spacial score (nSPS) is 14.7. The Balaban J connectivity index is 1.77. The summed E-state index contributed by atoms with van der Waals surface area (Å²) in [5.41, 5.74) is 0. The third-order valence-electron chi connectivity index (χ3n) is 4.22. The molecule has 0 saturated carbocycles. The number of hydrogen-bond acceptors (Lipinski definition) is 5. The number of carbonyl (C=O) groups excluding carboxylic acids is 2. The first kappa shape index (κ1) is 20.0. The Morgan fingerprint density at radius 2 is 1.50 bits per heavy atom. The Kier molecular flexibility index (Phi) is 8.21. The average Bonchev–Trinajstić information content (AvgIpc) is 2.92. The molecule has 0 unspecified atom stereocenters. The first-order valence-electron chi connectivity index (χ1n) is 9.04. The Bertz CT molecular complexity index is 576. The first-order valence-corrected chi connectivity index (χ1v) is 9.04. The molecule has 0 aliphatic carbocycles. The summed E-state index contributed by atoms with van der Waals surface area (Å²) < 4.78 is 15.9.